The van der Waals surface area contributed by atoms with E-state index in [2.05, 4.69) is 39.1 Å². The number of benzene rings is 2. The van der Waals surface area contributed by atoms with Gasteiger partial charge in [0, 0.05) is 38.7 Å². The van der Waals surface area contributed by atoms with Crippen LogP contribution in [-0.4, -0.2) is 32.1 Å². The highest BCUT2D eigenvalue weighted by atomic mass is 127. The van der Waals surface area contributed by atoms with Gasteiger partial charge in [0.25, 0.3) is 0 Å². The molecule has 0 spiro atoms. The van der Waals surface area contributed by atoms with Crippen LogP contribution in [0.1, 0.15) is 36.5 Å². The van der Waals surface area contributed by atoms with Crippen LogP contribution in [0.25, 0.3) is 0 Å². The normalized spacial score (nSPS) is 12.4. The van der Waals surface area contributed by atoms with E-state index < -0.39 is 0 Å². The van der Waals surface area contributed by atoms with Gasteiger partial charge in [0.15, 0.2) is 5.96 Å². The smallest absolute Gasteiger partial charge is 0.224 e. The first-order chi connectivity index (χ1) is 14.2. The van der Waals surface area contributed by atoms with Crippen molar-refractivity contribution in [2.24, 2.45) is 4.99 Å². The second-order valence-electron chi connectivity index (χ2n) is 7.14. The molecule has 3 N–H and O–H groups in total. The Morgan fingerprint density at radius 1 is 1.13 bits per heavy atom. The molecule has 3 rings (SSSR count). The van der Waals surface area contributed by atoms with Crippen LogP contribution in [0.5, 0.6) is 5.75 Å². The van der Waals surface area contributed by atoms with Crippen LogP contribution in [0.15, 0.2) is 47.5 Å². The minimum absolute atomic E-state index is 0. The molecule has 0 radical (unpaired) electrons. The number of anilines is 1. The number of ether oxygens (including phenoxy) is 1. The molecule has 1 amide bonds. The molecule has 1 aliphatic heterocycles. The second-order valence-corrected chi connectivity index (χ2v) is 7.14. The van der Waals surface area contributed by atoms with Crippen molar-refractivity contribution in [2.75, 3.05) is 25.5 Å². The molecule has 7 heteroatoms. The Bertz CT molecular complexity index is 870. The van der Waals surface area contributed by atoms with Gasteiger partial charge in [-0.15, -0.1) is 24.0 Å². The molecule has 0 aliphatic carbocycles. The SMILES string of the molecule is CCCC(=O)Nc1cccc(CNC(=NC)NCCc2ccc3c(c2)CCO3)c1.I. The molecule has 0 aromatic heterocycles. The molecule has 1 aliphatic rings. The van der Waals surface area contributed by atoms with Gasteiger partial charge in [-0.2, -0.15) is 0 Å². The molecule has 30 heavy (non-hydrogen) atoms. The van der Waals surface area contributed by atoms with Gasteiger partial charge < -0.3 is 20.7 Å². The second kappa shape index (κ2) is 12.4. The summed E-state index contributed by atoms with van der Waals surface area (Å²) in [5.41, 5.74) is 4.51. The maximum Gasteiger partial charge on any atom is 0.224 e. The minimum atomic E-state index is 0. The van der Waals surface area contributed by atoms with Crippen molar-refractivity contribution >= 4 is 41.5 Å². The first-order valence-electron chi connectivity index (χ1n) is 10.3. The van der Waals surface area contributed by atoms with E-state index in [1.54, 1.807) is 7.05 Å². The van der Waals surface area contributed by atoms with Crippen molar-refractivity contribution in [3.05, 3.63) is 59.2 Å². The van der Waals surface area contributed by atoms with E-state index in [0.29, 0.717) is 13.0 Å². The fourth-order valence-electron chi connectivity index (χ4n) is 3.34. The fourth-order valence-corrected chi connectivity index (χ4v) is 3.34. The molecule has 0 saturated heterocycles. The van der Waals surface area contributed by atoms with Gasteiger partial charge in [0.05, 0.1) is 6.61 Å². The summed E-state index contributed by atoms with van der Waals surface area (Å²) in [5.74, 6) is 1.83. The Labute approximate surface area is 195 Å². The summed E-state index contributed by atoms with van der Waals surface area (Å²) < 4.78 is 5.56. The van der Waals surface area contributed by atoms with Crippen molar-refractivity contribution in [1.82, 2.24) is 10.6 Å². The molecule has 2 aromatic carbocycles. The van der Waals surface area contributed by atoms with E-state index in [0.717, 1.165) is 55.4 Å². The van der Waals surface area contributed by atoms with Crippen molar-refractivity contribution in [1.29, 1.82) is 0 Å². The zero-order chi connectivity index (χ0) is 20.5. The lowest BCUT2D eigenvalue weighted by atomic mass is 10.1. The van der Waals surface area contributed by atoms with E-state index in [1.807, 2.05) is 31.2 Å². The summed E-state index contributed by atoms with van der Waals surface area (Å²) in [6.07, 6.45) is 3.30. The summed E-state index contributed by atoms with van der Waals surface area (Å²) in [4.78, 5) is 16.1. The van der Waals surface area contributed by atoms with E-state index >= 15 is 0 Å². The van der Waals surface area contributed by atoms with E-state index in [1.165, 1.54) is 11.1 Å². The van der Waals surface area contributed by atoms with E-state index in [9.17, 15) is 4.79 Å². The fraction of sp³-hybridized carbons (Fsp3) is 0.391. The van der Waals surface area contributed by atoms with Crippen LogP contribution in [0.2, 0.25) is 0 Å². The number of fused-ring (bicyclic) bond motifs is 1. The van der Waals surface area contributed by atoms with Crippen molar-refractivity contribution in [3.8, 4) is 5.75 Å². The van der Waals surface area contributed by atoms with Gasteiger partial charge in [-0.25, -0.2) is 0 Å². The molecule has 0 saturated carbocycles. The predicted molar refractivity (Wildman–Crippen MR) is 133 cm³/mol. The summed E-state index contributed by atoms with van der Waals surface area (Å²) in [6, 6.07) is 14.3. The number of hydrogen-bond acceptors (Lipinski definition) is 3. The molecule has 0 bridgehead atoms. The van der Waals surface area contributed by atoms with Crippen molar-refractivity contribution in [3.63, 3.8) is 0 Å². The largest absolute Gasteiger partial charge is 0.493 e. The van der Waals surface area contributed by atoms with Gasteiger partial charge in [0.2, 0.25) is 5.91 Å². The molecule has 0 atom stereocenters. The molecule has 0 unspecified atom stereocenters. The van der Waals surface area contributed by atoms with Crippen LogP contribution >= 0.6 is 24.0 Å². The van der Waals surface area contributed by atoms with Crippen LogP contribution in [0.3, 0.4) is 0 Å². The van der Waals surface area contributed by atoms with Gasteiger partial charge in [-0.05, 0) is 47.7 Å². The number of amides is 1. The summed E-state index contributed by atoms with van der Waals surface area (Å²) in [7, 11) is 1.77. The maximum atomic E-state index is 11.8. The average Bonchev–Trinajstić information content (AvgIpc) is 3.19. The lowest BCUT2D eigenvalue weighted by Gasteiger charge is -2.13. The number of rotatable bonds is 8. The Hall–Kier alpha value is -2.29. The lowest BCUT2D eigenvalue weighted by molar-refractivity contribution is -0.116. The van der Waals surface area contributed by atoms with Gasteiger partial charge in [-0.3, -0.25) is 9.79 Å². The van der Waals surface area contributed by atoms with Gasteiger partial charge >= 0.3 is 0 Å². The Balaban J connectivity index is 0.00000320. The summed E-state index contributed by atoms with van der Waals surface area (Å²) in [5, 5.41) is 9.62. The number of nitrogens with zero attached hydrogens (tertiary/aromatic N) is 1. The number of nitrogens with one attached hydrogen (secondary N) is 3. The number of aliphatic imine (C=N–C) groups is 1. The first kappa shape index (κ1) is 24.0. The topological polar surface area (TPSA) is 74.8 Å². The number of carbonyl (C=O) groups is 1. The van der Waals surface area contributed by atoms with Crippen molar-refractivity contribution < 1.29 is 9.53 Å². The molecular weight excluding hydrogens is 491 g/mol. The third kappa shape index (κ3) is 7.19. The lowest BCUT2D eigenvalue weighted by Crippen LogP contribution is -2.37. The number of carbonyl (C=O) groups excluding carboxylic acids is 1. The number of halogens is 1. The van der Waals surface area contributed by atoms with Crippen LogP contribution in [0, 0.1) is 0 Å². The highest BCUT2D eigenvalue weighted by Gasteiger charge is 2.11. The monoisotopic (exact) mass is 522 g/mol. The maximum absolute atomic E-state index is 11.8. The van der Waals surface area contributed by atoms with Gasteiger partial charge in [-0.1, -0.05) is 31.2 Å². The molecular formula is C23H31IN4O2. The minimum Gasteiger partial charge on any atom is -0.493 e. The van der Waals surface area contributed by atoms with Crippen molar-refractivity contribution in [2.45, 2.75) is 39.2 Å². The van der Waals surface area contributed by atoms with Crippen LogP contribution < -0.4 is 20.7 Å². The third-order valence-electron chi connectivity index (χ3n) is 4.83. The van der Waals surface area contributed by atoms with Crippen LogP contribution in [-0.2, 0) is 24.2 Å². The highest BCUT2D eigenvalue weighted by molar-refractivity contribution is 14.0. The first-order valence-corrected chi connectivity index (χ1v) is 10.3. The highest BCUT2D eigenvalue weighted by Crippen LogP contribution is 2.25. The van der Waals surface area contributed by atoms with Gasteiger partial charge in [0.1, 0.15) is 5.75 Å². The number of hydrogen-bond donors (Lipinski definition) is 3. The van der Waals surface area contributed by atoms with Crippen LogP contribution in [0.4, 0.5) is 5.69 Å². The Morgan fingerprint density at radius 3 is 2.80 bits per heavy atom. The molecule has 1 heterocycles. The number of guanidine groups is 1. The van der Waals surface area contributed by atoms with E-state index in [4.69, 9.17) is 4.74 Å². The molecule has 162 valence electrons. The average molecular weight is 522 g/mol. The molecule has 6 nitrogen and oxygen atoms in total. The Kier molecular flexibility index (Phi) is 9.93. The summed E-state index contributed by atoms with van der Waals surface area (Å²) in [6.45, 7) is 4.22. The molecule has 0 fully saturated rings. The Morgan fingerprint density at radius 2 is 2.00 bits per heavy atom. The van der Waals surface area contributed by atoms with E-state index in [-0.39, 0.29) is 29.9 Å². The predicted octanol–water partition coefficient (Wildman–Crippen LogP) is 3.89. The standard InChI is InChI=1S/C23H30N4O2.HI/c1-3-5-22(28)27-20-7-4-6-18(15-20)16-26-23(24-2)25-12-10-17-8-9-21-19(14-17)11-13-29-21;/h4,6-9,14-15H,3,5,10-13,16H2,1-2H3,(H,27,28)(H2,24,25,26);1H. The molecule has 2 aromatic rings. The summed E-state index contributed by atoms with van der Waals surface area (Å²) >= 11 is 0. The zero-order valence-electron chi connectivity index (χ0n) is 17.7. The third-order valence-corrected chi connectivity index (χ3v) is 4.83. The zero-order valence-corrected chi connectivity index (χ0v) is 20.0. The quantitative estimate of drug-likeness (QED) is 0.280.